The topological polar surface area (TPSA) is 63.3 Å². The molecule has 0 bridgehead atoms. The summed E-state index contributed by atoms with van der Waals surface area (Å²) in [6.45, 7) is 3.16. The van der Waals surface area contributed by atoms with E-state index in [1.54, 1.807) is 6.92 Å². The highest BCUT2D eigenvalue weighted by molar-refractivity contribution is 6.06. The van der Waals surface area contributed by atoms with Crippen molar-refractivity contribution in [3.05, 3.63) is 23.6 Å². The van der Waals surface area contributed by atoms with E-state index in [1.807, 2.05) is 0 Å². The Kier molecular flexibility index (Phi) is 3.25. The molecule has 0 aliphatic heterocycles. The van der Waals surface area contributed by atoms with Crippen molar-refractivity contribution >= 4 is 5.78 Å². The molecule has 0 heterocycles. The summed E-state index contributed by atoms with van der Waals surface area (Å²) >= 11 is 0. The zero-order chi connectivity index (χ0) is 8.15. The molecule has 0 radical (unpaired) electrons. The van der Waals surface area contributed by atoms with E-state index in [0.717, 1.165) is 6.26 Å². The maximum Gasteiger partial charge on any atom is 0.207 e. The van der Waals surface area contributed by atoms with Crippen LogP contribution in [0.15, 0.2) is 23.6 Å². The molecule has 0 atom stereocenters. The maximum atomic E-state index is 10.9. The first-order chi connectivity index (χ1) is 4.63. The molecule has 0 amide bonds. The highest BCUT2D eigenvalue weighted by atomic mass is 16.2. The fourth-order valence-corrected chi connectivity index (χ4v) is 0.417. The van der Waals surface area contributed by atoms with Crippen molar-refractivity contribution in [2.24, 2.45) is 5.73 Å². The Morgan fingerprint density at radius 1 is 1.60 bits per heavy atom. The zero-order valence-corrected chi connectivity index (χ0v) is 6.09. The number of rotatable bonds is 2. The third kappa shape index (κ3) is 1.93. The molecule has 0 saturated heterocycles. The summed E-state index contributed by atoms with van der Waals surface area (Å²) in [4.78, 5) is 10.9. The molecule has 0 aliphatic rings. The molecule has 0 unspecified atom stereocenters. The Hall–Kier alpha value is -1.25. The van der Waals surface area contributed by atoms with Crippen LogP contribution in [-0.4, -0.2) is 10.9 Å². The highest BCUT2D eigenvalue weighted by Gasteiger charge is 2.05. The van der Waals surface area contributed by atoms with E-state index in [2.05, 4.69) is 0 Å². The first kappa shape index (κ1) is 8.75. The second-order valence-corrected chi connectivity index (χ2v) is 1.89. The second-order valence-electron chi connectivity index (χ2n) is 1.89. The minimum atomic E-state index is -0.329. The van der Waals surface area contributed by atoms with Gasteiger partial charge in [-0.15, -0.1) is 0 Å². The standard InChI is InChI=1S/C7H11NO2/c1-3-6(8)7(10)5(2)4-9/h3-4,9H,8H2,1-2H3/b5-4?,6-3+. The van der Waals surface area contributed by atoms with Gasteiger partial charge in [-0.3, -0.25) is 4.79 Å². The number of Topliss-reactive ketones (excluding diaryl/α,β-unsaturated/α-hetero) is 1. The summed E-state index contributed by atoms with van der Waals surface area (Å²) in [6.07, 6.45) is 2.24. The Morgan fingerprint density at radius 3 is 2.40 bits per heavy atom. The van der Waals surface area contributed by atoms with Gasteiger partial charge >= 0.3 is 0 Å². The molecule has 56 valence electrons. The smallest absolute Gasteiger partial charge is 0.207 e. The van der Waals surface area contributed by atoms with Crippen molar-refractivity contribution in [1.82, 2.24) is 0 Å². The minimum absolute atomic E-state index is 0.155. The van der Waals surface area contributed by atoms with Gasteiger partial charge < -0.3 is 10.8 Å². The molecule has 3 heteroatoms. The summed E-state index contributed by atoms with van der Waals surface area (Å²) < 4.78 is 0. The molecule has 3 N–H and O–H groups in total. The second kappa shape index (κ2) is 3.71. The number of allylic oxidation sites excluding steroid dienone is 2. The lowest BCUT2D eigenvalue weighted by Gasteiger charge is -1.96. The molecule has 0 rings (SSSR count). The number of ketones is 1. The van der Waals surface area contributed by atoms with Crippen LogP contribution in [0.4, 0.5) is 0 Å². The van der Waals surface area contributed by atoms with Crippen LogP contribution in [0.3, 0.4) is 0 Å². The van der Waals surface area contributed by atoms with Crippen LogP contribution < -0.4 is 5.73 Å². The fourth-order valence-electron chi connectivity index (χ4n) is 0.417. The predicted molar refractivity (Wildman–Crippen MR) is 39.3 cm³/mol. The Balaban J connectivity index is 4.39. The van der Waals surface area contributed by atoms with Gasteiger partial charge in [0.1, 0.15) is 0 Å². The summed E-state index contributed by atoms with van der Waals surface area (Å²) in [7, 11) is 0. The molecule has 0 spiro atoms. The molecule has 0 fully saturated rings. The minimum Gasteiger partial charge on any atom is -0.515 e. The number of hydrogen-bond donors (Lipinski definition) is 2. The first-order valence-corrected chi connectivity index (χ1v) is 2.91. The van der Waals surface area contributed by atoms with Crippen molar-refractivity contribution in [3.63, 3.8) is 0 Å². The third-order valence-electron chi connectivity index (χ3n) is 1.12. The van der Waals surface area contributed by atoms with Crippen LogP contribution in [0, 0.1) is 0 Å². The number of carbonyl (C=O) groups excluding carboxylic acids is 1. The van der Waals surface area contributed by atoms with Gasteiger partial charge in [0, 0.05) is 5.57 Å². The van der Waals surface area contributed by atoms with Crippen molar-refractivity contribution in [3.8, 4) is 0 Å². The monoisotopic (exact) mass is 141 g/mol. The molecule has 3 nitrogen and oxygen atoms in total. The lowest BCUT2D eigenvalue weighted by Crippen LogP contribution is -2.11. The molecule has 0 aromatic rings. The van der Waals surface area contributed by atoms with Crippen LogP contribution in [0.2, 0.25) is 0 Å². The first-order valence-electron chi connectivity index (χ1n) is 2.91. The van der Waals surface area contributed by atoms with Gasteiger partial charge in [-0.05, 0) is 13.8 Å². The third-order valence-corrected chi connectivity index (χ3v) is 1.12. The van der Waals surface area contributed by atoms with E-state index < -0.39 is 0 Å². The van der Waals surface area contributed by atoms with Crippen LogP contribution in [-0.2, 0) is 4.79 Å². The van der Waals surface area contributed by atoms with Gasteiger partial charge in [-0.25, -0.2) is 0 Å². The lowest BCUT2D eigenvalue weighted by molar-refractivity contribution is -0.112. The molecule has 0 aromatic heterocycles. The van der Waals surface area contributed by atoms with Crippen LogP contribution in [0.25, 0.3) is 0 Å². The molecule has 0 aliphatic carbocycles. The highest BCUT2D eigenvalue weighted by Crippen LogP contribution is 1.98. The predicted octanol–water partition coefficient (Wildman–Crippen LogP) is 0.880. The Bertz CT molecular complexity index is 172. The van der Waals surface area contributed by atoms with Gasteiger partial charge in [0.05, 0.1) is 12.0 Å². The molecular weight excluding hydrogens is 130 g/mol. The Morgan fingerprint density at radius 2 is 2.10 bits per heavy atom. The Labute approximate surface area is 59.8 Å². The summed E-state index contributed by atoms with van der Waals surface area (Å²) in [5, 5.41) is 8.38. The van der Waals surface area contributed by atoms with Crippen molar-refractivity contribution in [2.45, 2.75) is 13.8 Å². The van der Waals surface area contributed by atoms with E-state index in [4.69, 9.17) is 10.8 Å². The van der Waals surface area contributed by atoms with Gasteiger partial charge in [-0.1, -0.05) is 6.08 Å². The van der Waals surface area contributed by atoms with Crippen LogP contribution in [0.5, 0.6) is 0 Å². The SMILES string of the molecule is C/C=C(/N)C(=O)C(C)=CO. The molecule has 10 heavy (non-hydrogen) atoms. The lowest BCUT2D eigenvalue weighted by atomic mass is 10.1. The zero-order valence-electron chi connectivity index (χ0n) is 6.09. The largest absolute Gasteiger partial charge is 0.515 e. The van der Waals surface area contributed by atoms with Gasteiger partial charge in [0.2, 0.25) is 5.78 Å². The van der Waals surface area contributed by atoms with Crippen molar-refractivity contribution < 1.29 is 9.90 Å². The van der Waals surface area contributed by atoms with Crippen LogP contribution >= 0.6 is 0 Å². The number of hydrogen-bond acceptors (Lipinski definition) is 3. The maximum absolute atomic E-state index is 10.9. The van der Waals surface area contributed by atoms with E-state index in [9.17, 15) is 4.79 Å². The van der Waals surface area contributed by atoms with E-state index in [-0.39, 0.29) is 17.1 Å². The number of aliphatic hydroxyl groups excluding tert-OH is 1. The number of aliphatic hydroxyl groups is 1. The average Bonchev–Trinajstić information content (AvgIpc) is 2.00. The van der Waals surface area contributed by atoms with E-state index >= 15 is 0 Å². The van der Waals surface area contributed by atoms with Crippen LogP contribution in [0.1, 0.15) is 13.8 Å². The van der Waals surface area contributed by atoms with Gasteiger partial charge in [0.15, 0.2) is 0 Å². The summed E-state index contributed by atoms with van der Waals surface area (Å²) in [6, 6.07) is 0. The van der Waals surface area contributed by atoms with E-state index in [1.165, 1.54) is 13.0 Å². The quantitative estimate of drug-likeness (QED) is 0.443. The summed E-state index contributed by atoms with van der Waals surface area (Å²) in [5.74, 6) is -0.329. The van der Waals surface area contributed by atoms with Gasteiger partial charge in [0.25, 0.3) is 0 Å². The van der Waals surface area contributed by atoms with Crippen molar-refractivity contribution in [2.75, 3.05) is 0 Å². The number of carbonyl (C=O) groups is 1. The fraction of sp³-hybridized carbons (Fsp3) is 0.286. The molecular formula is C7H11NO2. The molecule has 0 saturated carbocycles. The van der Waals surface area contributed by atoms with Crippen molar-refractivity contribution in [1.29, 1.82) is 0 Å². The number of nitrogens with two attached hydrogens (primary N) is 1. The van der Waals surface area contributed by atoms with Gasteiger partial charge in [-0.2, -0.15) is 0 Å². The van der Waals surface area contributed by atoms with E-state index in [0.29, 0.717) is 0 Å². The average molecular weight is 141 g/mol. The normalized spacial score (nSPS) is 13.4. The summed E-state index contributed by atoms with van der Waals surface area (Å²) in [5.41, 5.74) is 5.65. The molecule has 0 aromatic carbocycles.